The van der Waals surface area contributed by atoms with Crippen molar-refractivity contribution in [1.29, 1.82) is 0 Å². The third kappa shape index (κ3) is 5.62. The predicted octanol–water partition coefficient (Wildman–Crippen LogP) is 7.07. The van der Waals surface area contributed by atoms with Gasteiger partial charge in [-0.2, -0.15) is 0 Å². The third-order valence-corrected chi connectivity index (χ3v) is 7.32. The second-order valence-electron chi connectivity index (χ2n) is 9.26. The van der Waals surface area contributed by atoms with Gasteiger partial charge in [-0.3, -0.25) is 0 Å². The minimum absolute atomic E-state index is 0.0629. The predicted molar refractivity (Wildman–Crippen MR) is 146 cm³/mol. The summed E-state index contributed by atoms with van der Waals surface area (Å²) in [5.41, 5.74) is 4.21. The van der Waals surface area contributed by atoms with E-state index in [2.05, 4.69) is 24.3 Å². The number of hydrogen-bond acceptors (Lipinski definition) is 3. The second kappa shape index (κ2) is 11.5. The lowest BCUT2D eigenvalue weighted by molar-refractivity contribution is -0.133. The fourth-order valence-corrected chi connectivity index (χ4v) is 5.56. The van der Waals surface area contributed by atoms with Gasteiger partial charge in [0.2, 0.25) is 0 Å². The van der Waals surface area contributed by atoms with Gasteiger partial charge < -0.3 is 15.1 Å². The fraction of sp³-hybridized carbons (Fsp3) is 0.226. The minimum atomic E-state index is -1.13. The second-order valence-corrected chi connectivity index (χ2v) is 9.70. The molecule has 0 aliphatic carbocycles. The zero-order chi connectivity index (χ0) is 26.5. The van der Waals surface area contributed by atoms with Gasteiger partial charge in [0, 0.05) is 28.9 Å². The average Bonchev–Trinajstić information content (AvgIpc) is 2.88. The number of hydrogen-bond donors (Lipinski definition) is 2. The van der Waals surface area contributed by atoms with Crippen molar-refractivity contribution >= 4 is 23.5 Å². The molecular weight excluding hydrogens is 486 g/mol. The number of nitrogens with zero attached hydrogens (tertiary/aromatic N) is 1. The van der Waals surface area contributed by atoms with Crippen LogP contribution in [0.15, 0.2) is 107 Å². The Hall–Kier alpha value is -3.83. The van der Waals surface area contributed by atoms with E-state index in [1.165, 1.54) is 11.1 Å². The van der Waals surface area contributed by atoms with Crippen LogP contribution in [-0.4, -0.2) is 33.6 Å². The molecule has 5 nitrogen and oxygen atoms in total. The summed E-state index contributed by atoms with van der Waals surface area (Å²) in [6.45, 7) is 4.02. The van der Waals surface area contributed by atoms with Crippen molar-refractivity contribution in [2.24, 2.45) is 0 Å². The Morgan fingerprint density at radius 2 is 1.32 bits per heavy atom. The molecule has 2 N–H and O–H groups in total. The van der Waals surface area contributed by atoms with Gasteiger partial charge in [0.15, 0.2) is 0 Å². The first-order chi connectivity index (χ1) is 17.8. The van der Waals surface area contributed by atoms with Crippen LogP contribution in [0.1, 0.15) is 55.2 Å². The summed E-state index contributed by atoms with van der Waals surface area (Å²) < 4.78 is 0. The summed E-state index contributed by atoms with van der Waals surface area (Å²) in [5.74, 6) is -3.00. The maximum atomic E-state index is 12.5. The molecule has 3 aromatic carbocycles. The Kier molecular flexibility index (Phi) is 8.14. The number of carboxylic acids is 2. The molecule has 190 valence electrons. The molecule has 0 saturated carbocycles. The van der Waals surface area contributed by atoms with Gasteiger partial charge in [-0.15, -0.1) is 0 Å². The van der Waals surface area contributed by atoms with E-state index in [1.54, 1.807) is 38.1 Å². The van der Waals surface area contributed by atoms with Crippen molar-refractivity contribution in [2.75, 3.05) is 6.54 Å². The van der Waals surface area contributed by atoms with Crippen LogP contribution in [0.25, 0.3) is 0 Å². The van der Waals surface area contributed by atoms with Gasteiger partial charge in [-0.1, -0.05) is 84.4 Å². The first-order valence-electron chi connectivity index (χ1n) is 12.3. The molecular formula is C31H30ClNO4. The number of allylic oxidation sites excluding steroid dienone is 2. The molecule has 1 aliphatic rings. The summed E-state index contributed by atoms with van der Waals surface area (Å²) in [5, 5.41) is 20.8. The lowest BCUT2D eigenvalue weighted by Gasteiger charge is -2.37. The van der Waals surface area contributed by atoms with Crippen LogP contribution in [0, 0.1) is 0 Å². The topological polar surface area (TPSA) is 77.8 Å². The Morgan fingerprint density at radius 3 is 1.78 bits per heavy atom. The molecule has 0 saturated heterocycles. The summed E-state index contributed by atoms with van der Waals surface area (Å²) in [7, 11) is 0. The number of carbonyl (C=O) groups is 2. The Balaban J connectivity index is 1.66. The number of benzene rings is 3. The van der Waals surface area contributed by atoms with Crippen LogP contribution < -0.4 is 0 Å². The number of halogens is 1. The lowest BCUT2D eigenvalue weighted by Crippen LogP contribution is -2.35. The first-order valence-corrected chi connectivity index (χ1v) is 12.7. The zero-order valence-corrected chi connectivity index (χ0v) is 21.7. The van der Waals surface area contributed by atoms with Gasteiger partial charge >= 0.3 is 11.9 Å². The smallest absolute Gasteiger partial charge is 0.334 e. The molecule has 0 unspecified atom stereocenters. The molecule has 0 bridgehead atoms. The average molecular weight is 516 g/mol. The van der Waals surface area contributed by atoms with Gasteiger partial charge in [0.1, 0.15) is 0 Å². The van der Waals surface area contributed by atoms with Crippen molar-refractivity contribution in [3.63, 3.8) is 0 Å². The van der Waals surface area contributed by atoms with E-state index in [0.29, 0.717) is 28.5 Å². The molecule has 0 fully saturated rings. The van der Waals surface area contributed by atoms with Gasteiger partial charge in [-0.05, 0) is 55.5 Å². The van der Waals surface area contributed by atoms with E-state index in [9.17, 15) is 19.8 Å². The van der Waals surface area contributed by atoms with Crippen LogP contribution in [0.2, 0.25) is 5.02 Å². The molecule has 4 rings (SSSR count). The number of carboxylic acid groups (broad SMARTS) is 2. The van der Waals surface area contributed by atoms with Crippen molar-refractivity contribution in [2.45, 2.75) is 38.5 Å². The summed E-state index contributed by atoms with van der Waals surface area (Å²) in [6, 6.07) is 27.4. The highest BCUT2D eigenvalue weighted by atomic mass is 35.5. The monoisotopic (exact) mass is 515 g/mol. The van der Waals surface area contributed by atoms with Crippen LogP contribution in [-0.2, 0) is 9.59 Å². The summed E-state index contributed by atoms with van der Waals surface area (Å²) in [4.78, 5) is 26.8. The Bertz CT molecular complexity index is 1270. The van der Waals surface area contributed by atoms with Crippen molar-refractivity contribution in [1.82, 2.24) is 4.90 Å². The van der Waals surface area contributed by atoms with Crippen LogP contribution in [0.4, 0.5) is 0 Å². The highest BCUT2D eigenvalue weighted by molar-refractivity contribution is 6.30. The number of rotatable bonds is 9. The quantitative estimate of drug-likeness (QED) is 0.318. The summed E-state index contributed by atoms with van der Waals surface area (Å²) >= 11 is 6.18. The first kappa shape index (κ1) is 26.2. The van der Waals surface area contributed by atoms with Gasteiger partial charge in [-0.25, -0.2) is 9.59 Å². The molecule has 0 radical (unpaired) electrons. The molecule has 0 atom stereocenters. The molecule has 1 aliphatic heterocycles. The molecule has 0 spiro atoms. The number of aliphatic carboxylic acids is 2. The highest BCUT2D eigenvalue weighted by Crippen LogP contribution is 2.43. The van der Waals surface area contributed by atoms with E-state index >= 15 is 0 Å². The van der Waals surface area contributed by atoms with E-state index < -0.39 is 17.9 Å². The highest BCUT2D eigenvalue weighted by Gasteiger charge is 2.39. The molecule has 1 heterocycles. The maximum Gasteiger partial charge on any atom is 0.334 e. The Morgan fingerprint density at radius 1 is 0.811 bits per heavy atom. The van der Waals surface area contributed by atoms with E-state index in [1.807, 2.05) is 41.3 Å². The molecule has 0 amide bonds. The van der Waals surface area contributed by atoms with Crippen molar-refractivity contribution in [3.8, 4) is 0 Å². The van der Waals surface area contributed by atoms with Gasteiger partial charge in [0.25, 0.3) is 0 Å². The molecule has 37 heavy (non-hydrogen) atoms. The van der Waals surface area contributed by atoms with Crippen molar-refractivity contribution < 1.29 is 19.8 Å². The molecule has 6 heteroatoms. The Labute approximate surface area is 222 Å². The van der Waals surface area contributed by atoms with Crippen LogP contribution in [0.5, 0.6) is 0 Å². The normalized spacial score (nSPS) is 14.4. The van der Waals surface area contributed by atoms with Gasteiger partial charge in [0.05, 0.1) is 17.1 Å². The standard InChI is InChI=1S/C31H30ClNO4/c1-20-27(30(34)35)29(24-15-9-16-25(32)19-24)28(31(36)37)21(2)33(20)18-10-17-26(22-11-5-3-6-12-22)23-13-7-4-8-14-23/h3-9,11-16,19,26,29H,10,17-18H2,1-2H3,(H,34,35)(H,36,37). The van der Waals surface area contributed by atoms with Crippen LogP contribution in [0.3, 0.4) is 0 Å². The van der Waals surface area contributed by atoms with Crippen molar-refractivity contribution in [3.05, 3.63) is 129 Å². The molecule has 0 aromatic heterocycles. The van der Waals surface area contributed by atoms with E-state index in [4.69, 9.17) is 11.6 Å². The minimum Gasteiger partial charge on any atom is -0.478 e. The SMILES string of the molecule is CC1=C(C(=O)O)C(c2cccc(Cl)c2)C(C(=O)O)=C(C)N1CCCC(c1ccccc1)c1ccccc1. The zero-order valence-electron chi connectivity index (χ0n) is 20.9. The third-order valence-electron chi connectivity index (χ3n) is 7.09. The molecule has 3 aromatic rings. The largest absolute Gasteiger partial charge is 0.478 e. The van der Waals surface area contributed by atoms with Crippen LogP contribution >= 0.6 is 11.6 Å². The lowest BCUT2D eigenvalue weighted by atomic mass is 9.79. The fourth-order valence-electron chi connectivity index (χ4n) is 5.37. The van der Waals surface area contributed by atoms with E-state index in [-0.39, 0.29) is 17.1 Å². The summed E-state index contributed by atoms with van der Waals surface area (Å²) in [6.07, 6.45) is 1.57. The maximum absolute atomic E-state index is 12.5. The van der Waals surface area contributed by atoms with E-state index in [0.717, 1.165) is 12.8 Å².